The molecule has 0 aliphatic rings. The van der Waals surface area contributed by atoms with Gasteiger partial charge in [-0.3, -0.25) is 4.57 Å². The number of benzene rings is 1. The molecule has 0 spiro atoms. The number of aromatic nitrogens is 3. The van der Waals surface area contributed by atoms with Crippen LogP contribution in [0.2, 0.25) is 5.02 Å². The molecule has 0 bridgehead atoms. The maximum atomic E-state index is 6.01. The van der Waals surface area contributed by atoms with Crippen molar-refractivity contribution in [1.29, 1.82) is 0 Å². The molecule has 0 saturated heterocycles. The van der Waals surface area contributed by atoms with Crippen LogP contribution in [0.1, 0.15) is 5.82 Å². The number of fused-ring (bicyclic) bond motifs is 1. The predicted octanol–water partition coefficient (Wildman–Crippen LogP) is 5.34. The molecule has 0 radical (unpaired) electrons. The Morgan fingerprint density at radius 1 is 1.20 bits per heavy atom. The first kappa shape index (κ1) is 14.3. The van der Waals surface area contributed by atoms with Crippen LogP contribution in [0.5, 0.6) is 0 Å². The number of hydrogen-bond donors (Lipinski definition) is 0. The van der Waals surface area contributed by atoms with Crippen LogP contribution in [0.15, 0.2) is 39.4 Å². The fourth-order valence-electron chi connectivity index (χ4n) is 1.99. The largest absolute Gasteiger partial charge is 0.279 e. The second-order valence-corrected chi connectivity index (χ2v) is 6.56. The fourth-order valence-corrected chi connectivity index (χ4v) is 3.09. The summed E-state index contributed by atoms with van der Waals surface area (Å²) in [5.74, 6) is 1.00. The van der Waals surface area contributed by atoms with E-state index in [1.54, 1.807) is 12.3 Å². The Bertz CT molecular complexity index is 802. The van der Waals surface area contributed by atoms with Gasteiger partial charge < -0.3 is 0 Å². The first-order chi connectivity index (χ1) is 9.60. The van der Waals surface area contributed by atoms with E-state index in [1.165, 1.54) is 0 Å². The molecule has 0 amide bonds. The van der Waals surface area contributed by atoms with Crippen molar-refractivity contribution in [3.05, 3.63) is 50.3 Å². The SMILES string of the molecule is ClCc1nc2cc(Cl)cnc2n1-c1cc(Br)ccc1Br. The second-order valence-electron chi connectivity index (χ2n) is 4.09. The van der Waals surface area contributed by atoms with Gasteiger partial charge in [-0.2, -0.15) is 0 Å². The van der Waals surface area contributed by atoms with Crippen molar-refractivity contribution in [2.24, 2.45) is 0 Å². The minimum absolute atomic E-state index is 0.285. The molecule has 0 fully saturated rings. The highest BCUT2D eigenvalue weighted by atomic mass is 79.9. The molecule has 2 heterocycles. The lowest BCUT2D eigenvalue weighted by molar-refractivity contribution is 0.964. The Morgan fingerprint density at radius 3 is 2.75 bits per heavy atom. The highest BCUT2D eigenvalue weighted by Crippen LogP contribution is 2.30. The monoisotopic (exact) mass is 433 g/mol. The van der Waals surface area contributed by atoms with Crippen molar-refractivity contribution in [3.8, 4) is 5.69 Å². The lowest BCUT2D eigenvalue weighted by Gasteiger charge is -2.10. The quantitative estimate of drug-likeness (QED) is 0.509. The fraction of sp³-hybridized carbons (Fsp3) is 0.0769. The summed E-state index contributed by atoms with van der Waals surface area (Å²) in [5, 5.41) is 0.552. The Hall–Kier alpha value is -0.620. The minimum atomic E-state index is 0.285. The summed E-state index contributed by atoms with van der Waals surface area (Å²) < 4.78 is 3.82. The molecule has 7 heteroatoms. The van der Waals surface area contributed by atoms with E-state index in [9.17, 15) is 0 Å². The van der Waals surface area contributed by atoms with Gasteiger partial charge in [0.15, 0.2) is 5.65 Å². The van der Waals surface area contributed by atoms with E-state index >= 15 is 0 Å². The molecule has 0 aliphatic carbocycles. The number of halogens is 4. The molecule has 0 N–H and O–H groups in total. The van der Waals surface area contributed by atoms with E-state index in [-0.39, 0.29) is 5.88 Å². The zero-order valence-electron chi connectivity index (χ0n) is 9.95. The first-order valence-electron chi connectivity index (χ1n) is 5.64. The Labute approximate surface area is 142 Å². The molecule has 20 heavy (non-hydrogen) atoms. The summed E-state index contributed by atoms with van der Waals surface area (Å²) in [6.45, 7) is 0. The maximum absolute atomic E-state index is 6.01. The van der Waals surface area contributed by atoms with Gasteiger partial charge in [0.1, 0.15) is 11.3 Å². The smallest absolute Gasteiger partial charge is 0.164 e. The van der Waals surface area contributed by atoms with Crippen LogP contribution in [0.3, 0.4) is 0 Å². The summed E-state index contributed by atoms with van der Waals surface area (Å²) in [7, 11) is 0. The summed E-state index contributed by atoms with van der Waals surface area (Å²) in [6.07, 6.45) is 1.60. The number of alkyl halides is 1. The van der Waals surface area contributed by atoms with E-state index in [0.717, 1.165) is 31.6 Å². The van der Waals surface area contributed by atoms with Crippen LogP contribution in [-0.4, -0.2) is 14.5 Å². The topological polar surface area (TPSA) is 30.7 Å². The number of imidazole rings is 1. The summed E-state index contributed by atoms with van der Waals surface area (Å²) in [4.78, 5) is 8.86. The van der Waals surface area contributed by atoms with Crippen LogP contribution in [0, 0.1) is 0 Å². The molecular weight excluding hydrogens is 429 g/mol. The summed E-state index contributed by atoms with van der Waals surface area (Å²) >= 11 is 19.0. The van der Waals surface area contributed by atoms with Gasteiger partial charge in [0, 0.05) is 15.1 Å². The second kappa shape index (κ2) is 5.64. The van der Waals surface area contributed by atoms with Crippen molar-refractivity contribution in [3.63, 3.8) is 0 Å². The van der Waals surface area contributed by atoms with Crippen LogP contribution in [-0.2, 0) is 5.88 Å². The average Bonchev–Trinajstić information content (AvgIpc) is 2.78. The van der Waals surface area contributed by atoms with Gasteiger partial charge in [0.2, 0.25) is 0 Å². The zero-order chi connectivity index (χ0) is 14.3. The Morgan fingerprint density at radius 2 is 2.00 bits per heavy atom. The lowest BCUT2D eigenvalue weighted by atomic mass is 10.3. The lowest BCUT2D eigenvalue weighted by Crippen LogP contribution is -2.01. The van der Waals surface area contributed by atoms with Crippen LogP contribution >= 0.6 is 55.1 Å². The third-order valence-electron chi connectivity index (χ3n) is 2.80. The highest BCUT2D eigenvalue weighted by Gasteiger charge is 2.15. The molecule has 2 aromatic heterocycles. The van der Waals surface area contributed by atoms with Crippen molar-refractivity contribution in [2.75, 3.05) is 0 Å². The maximum Gasteiger partial charge on any atom is 0.164 e. The molecule has 0 unspecified atom stereocenters. The molecule has 3 aromatic rings. The summed E-state index contributed by atoms with van der Waals surface area (Å²) in [6, 6.07) is 7.68. The van der Waals surface area contributed by atoms with Gasteiger partial charge in [0.05, 0.1) is 16.6 Å². The Balaban J connectivity index is 2.37. The number of pyridine rings is 1. The molecular formula is C13H7Br2Cl2N3. The van der Waals surface area contributed by atoms with Gasteiger partial charge in [0.25, 0.3) is 0 Å². The number of hydrogen-bond acceptors (Lipinski definition) is 2. The number of rotatable bonds is 2. The molecule has 3 rings (SSSR count). The predicted molar refractivity (Wildman–Crippen MR) is 88.8 cm³/mol. The van der Waals surface area contributed by atoms with E-state index in [4.69, 9.17) is 23.2 Å². The van der Waals surface area contributed by atoms with Crippen LogP contribution < -0.4 is 0 Å². The van der Waals surface area contributed by atoms with Gasteiger partial charge in [-0.05, 0) is 40.2 Å². The summed E-state index contributed by atoms with van der Waals surface area (Å²) in [5.41, 5.74) is 2.37. The van der Waals surface area contributed by atoms with Gasteiger partial charge in [-0.15, -0.1) is 11.6 Å². The molecule has 102 valence electrons. The van der Waals surface area contributed by atoms with Gasteiger partial charge >= 0.3 is 0 Å². The third kappa shape index (κ3) is 2.48. The van der Waals surface area contributed by atoms with Crippen molar-refractivity contribution < 1.29 is 0 Å². The normalized spacial score (nSPS) is 11.2. The van der Waals surface area contributed by atoms with Crippen LogP contribution in [0.25, 0.3) is 16.9 Å². The third-order valence-corrected chi connectivity index (χ3v) is 4.41. The van der Waals surface area contributed by atoms with E-state index in [2.05, 4.69) is 41.8 Å². The van der Waals surface area contributed by atoms with Crippen molar-refractivity contribution in [2.45, 2.75) is 5.88 Å². The van der Waals surface area contributed by atoms with Gasteiger partial charge in [-0.1, -0.05) is 27.5 Å². The molecule has 1 aromatic carbocycles. The average molecular weight is 436 g/mol. The highest BCUT2D eigenvalue weighted by molar-refractivity contribution is 9.11. The molecule has 0 atom stereocenters. The van der Waals surface area contributed by atoms with E-state index in [1.807, 2.05) is 22.8 Å². The first-order valence-corrected chi connectivity index (χ1v) is 8.14. The zero-order valence-corrected chi connectivity index (χ0v) is 14.6. The molecule has 0 saturated carbocycles. The molecule has 0 aliphatic heterocycles. The minimum Gasteiger partial charge on any atom is -0.279 e. The standard InChI is InChI=1S/C13H7Br2Cl2N3/c14-7-1-2-9(15)11(3-7)20-12(5-16)19-10-4-8(17)6-18-13(10)20/h1-4,6H,5H2. The number of nitrogens with zero attached hydrogens (tertiary/aromatic N) is 3. The van der Waals surface area contributed by atoms with Gasteiger partial charge in [-0.25, -0.2) is 9.97 Å². The van der Waals surface area contributed by atoms with Crippen LogP contribution in [0.4, 0.5) is 0 Å². The Kier molecular flexibility index (Phi) is 4.04. The van der Waals surface area contributed by atoms with Crippen molar-refractivity contribution >= 4 is 66.2 Å². The van der Waals surface area contributed by atoms with E-state index < -0.39 is 0 Å². The van der Waals surface area contributed by atoms with Crippen molar-refractivity contribution in [1.82, 2.24) is 14.5 Å². The molecule has 3 nitrogen and oxygen atoms in total. The van der Waals surface area contributed by atoms with E-state index in [0.29, 0.717) is 5.02 Å².